The molecular weight excluding hydrogens is 164 g/mol. The molecule has 0 fully saturated rings. The van der Waals surface area contributed by atoms with Crippen LogP contribution in [0.15, 0.2) is 30.2 Å². The smallest absolute Gasteiger partial charge is 0.00452 e. The van der Waals surface area contributed by atoms with E-state index in [1.165, 1.54) is 37.0 Å². The van der Waals surface area contributed by atoms with Gasteiger partial charge in [-0.25, -0.2) is 0 Å². The van der Waals surface area contributed by atoms with Crippen LogP contribution in [-0.2, 0) is 6.42 Å². The summed E-state index contributed by atoms with van der Waals surface area (Å²) in [6.45, 7) is 3.71. The molecule has 0 aliphatic heterocycles. The molecule has 0 nitrogen and oxygen atoms in total. The van der Waals surface area contributed by atoms with Gasteiger partial charge in [0.25, 0.3) is 0 Å². The molecule has 0 unspecified atom stereocenters. The Morgan fingerprint density at radius 2 is 2.25 bits per heavy atom. The third-order valence-corrected chi connectivity index (χ3v) is 2.85. The zero-order valence-electron chi connectivity index (χ0n) is 7.46. The lowest BCUT2D eigenvalue weighted by molar-refractivity contribution is 0.691. The molecule has 1 rings (SSSR count). The number of unbranched alkanes of at least 4 members (excludes halogenated alkanes) is 3. The fraction of sp³-hybridized carbons (Fsp3) is 0.455. The van der Waals surface area contributed by atoms with Crippen LogP contribution in [0.3, 0.4) is 0 Å². The monoisotopic (exact) mass is 180 g/mol. The van der Waals surface area contributed by atoms with Crippen LogP contribution in [0.4, 0.5) is 0 Å². The number of rotatable bonds is 6. The molecule has 0 radical (unpaired) electrons. The van der Waals surface area contributed by atoms with Gasteiger partial charge < -0.3 is 0 Å². The summed E-state index contributed by atoms with van der Waals surface area (Å²) in [7, 11) is 0. The van der Waals surface area contributed by atoms with E-state index in [1.54, 1.807) is 0 Å². The highest BCUT2D eigenvalue weighted by atomic mass is 32.1. The maximum atomic E-state index is 3.71. The Kier molecular flexibility index (Phi) is 4.77. The van der Waals surface area contributed by atoms with Crippen molar-refractivity contribution < 1.29 is 0 Å². The van der Waals surface area contributed by atoms with Gasteiger partial charge in [-0.1, -0.05) is 18.6 Å². The molecule has 0 bridgehead atoms. The van der Waals surface area contributed by atoms with Crippen molar-refractivity contribution in [3.05, 3.63) is 35.0 Å². The molecule has 0 aliphatic carbocycles. The number of allylic oxidation sites excluding steroid dienone is 1. The van der Waals surface area contributed by atoms with E-state index < -0.39 is 0 Å². The van der Waals surface area contributed by atoms with Crippen LogP contribution in [0, 0.1) is 0 Å². The molecule has 0 saturated heterocycles. The fourth-order valence-electron chi connectivity index (χ4n) is 1.22. The van der Waals surface area contributed by atoms with Gasteiger partial charge in [-0.3, -0.25) is 0 Å². The first-order valence-electron chi connectivity index (χ1n) is 4.57. The average Bonchev–Trinajstić information content (AvgIpc) is 2.57. The topological polar surface area (TPSA) is 0 Å². The Morgan fingerprint density at radius 1 is 1.33 bits per heavy atom. The Bertz CT molecular complexity index is 199. The highest BCUT2D eigenvalue weighted by molar-refractivity contribution is 7.09. The number of hydrogen-bond donors (Lipinski definition) is 0. The molecule has 1 aromatic heterocycles. The predicted octanol–water partition coefficient (Wildman–Crippen LogP) is 4.04. The molecule has 0 aromatic carbocycles. The van der Waals surface area contributed by atoms with Gasteiger partial charge in [0.2, 0.25) is 0 Å². The summed E-state index contributed by atoms with van der Waals surface area (Å²) in [6, 6.07) is 4.35. The first-order chi connectivity index (χ1) is 5.93. The van der Waals surface area contributed by atoms with Crippen molar-refractivity contribution in [2.75, 3.05) is 0 Å². The third kappa shape index (κ3) is 3.72. The second-order valence-corrected chi connectivity index (χ2v) is 4.00. The molecular formula is C11H16S. The molecule has 1 heteroatoms. The molecule has 0 amide bonds. The zero-order chi connectivity index (χ0) is 8.65. The standard InChI is InChI=1S/C11H16S/c1-2-3-4-5-6-8-11-9-7-10-12-11/h2,7,9-10H,1,3-6,8H2. The summed E-state index contributed by atoms with van der Waals surface area (Å²) < 4.78 is 0. The minimum atomic E-state index is 1.17. The second-order valence-electron chi connectivity index (χ2n) is 2.97. The lowest BCUT2D eigenvalue weighted by atomic mass is 10.1. The first kappa shape index (κ1) is 9.53. The van der Waals surface area contributed by atoms with Crippen molar-refractivity contribution in [1.29, 1.82) is 0 Å². The van der Waals surface area contributed by atoms with E-state index in [0.717, 1.165) is 0 Å². The maximum Gasteiger partial charge on any atom is 0.00452 e. The summed E-state index contributed by atoms with van der Waals surface area (Å²) >= 11 is 1.87. The van der Waals surface area contributed by atoms with E-state index in [0.29, 0.717) is 0 Å². The molecule has 0 saturated carbocycles. The highest BCUT2D eigenvalue weighted by Gasteiger charge is 1.92. The average molecular weight is 180 g/mol. The minimum Gasteiger partial charge on any atom is -0.149 e. The molecule has 66 valence electrons. The van der Waals surface area contributed by atoms with Gasteiger partial charge >= 0.3 is 0 Å². The van der Waals surface area contributed by atoms with Crippen LogP contribution in [-0.4, -0.2) is 0 Å². The van der Waals surface area contributed by atoms with Crippen molar-refractivity contribution >= 4 is 11.3 Å². The maximum absolute atomic E-state index is 3.71. The molecule has 0 spiro atoms. The Morgan fingerprint density at radius 3 is 2.92 bits per heavy atom. The van der Waals surface area contributed by atoms with Crippen LogP contribution in [0.25, 0.3) is 0 Å². The molecule has 12 heavy (non-hydrogen) atoms. The van der Waals surface area contributed by atoms with Gasteiger partial charge in [0.1, 0.15) is 0 Å². The molecule has 0 aliphatic rings. The van der Waals surface area contributed by atoms with Crippen LogP contribution in [0.1, 0.15) is 30.6 Å². The number of hydrogen-bond acceptors (Lipinski definition) is 1. The highest BCUT2D eigenvalue weighted by Crippen LogP contribution is 2.13. The molecule has 0 N–H and O–H groups in total. The van der Waals surface area contributed by atoms with Gasteiger partial charge in [0.15, 0.2) is 0 Å². The minimum absolute atomic E-state index is 1.17. The quantitative estimate of drug-likeness (QED) is 0.458. The van der Waals surface area contributed by atoms with E-state index in [9.17, 15) is 0 Å². The Balaban J connectivity index is 2.00. The molecule has 1 heterocycles. The largest absolute Gasteiger partial charge is 0.149 e. The van der Waals surface area contributed by atoms with Crippen LogP contribution < -0.4 is 0 Å². The summed E-state index contributed by atoms with van der Waals surface area (Å²) in [6.07, 6.45) is 8.40. The van der Waals surface area contributed by atoms with Gasteiger partial charge in [-0.15, -0.1) is 17.9 Å². The summed E-state index contributed by atoms with van der Waals surface area (Å²) in [5.41, 5.74) is 0. The summed E-state index contributed by atoms with van der Waals surface area (Å²) in [5, 5.41) is 2.15. The van der Waals surface area contributed by atoms with Gasteiger partial charge in [-0.05, 0) is 37.1 Å². The second kappa shape index (κ2) is 6.01. The summed E-state index contributed by atoms with van der Waals surface area (Å²) in [4.78, 5) is 1.52. The number of aryl methyl sites for hydroxylation is 1. The van der Waals surface area contributed by atoms with Gasteiger partial charge in [0.05, 0.1) is 0 Å². The Hall–Kier alpha value is -0.560. The summed E-state index contributed by atoms with van der Waals surface area (Å²) in [5.74, 6) is 0. The number of thiophene rings is 1. The van der Waals surface area contributed by atoms with Crippen molar-refractivity contribution in [2.24, 2.45) is 0 Å². The van der Waals surface area contributed by atoms with Crippen molar-refractivity contribution in [3.8, 4) is 0 Å². The third-order valence-electron chi connectivity index (χ3n) is 1.91. The van der Waals surface area contributed by atoms with E-state index in [4.69, 9.17) is 0 Å². The van der Waals surface area contributed by atoms with Crippen LogP contribution >= 0.6 is 11.3 Å². The van der Waals surface area contributed by atoms with Crippen molar-refractivity contribution in [2.45, 2.75) is 32.1 Å². The van der Waals surface area contributed by atoms with Crippen LogP contribution in [0.2, 0.25) is 0 Å². The first-order valence-corrected chi connectivity index (χ1v) is 5.44. The fourth-order valence-corrected chi connectivity index (χ4v) is 1.97. The van der Waals surface area contributed by atoms with E-state index >= 15 is 0 Å². The van der Waals surface area contributed by atoms with Crippen molar-refractivity contribution in [1.82, 2.24) is 0 Å². The lowest BCUT2D eigenvalue weighted by Gasteiger charge is -1.96. The van der Waals surface area contributed by atoms with E-state index in [2.05, 4.69) is 24.1 Å². The van der Waals surface area contributed by atoms with Crippen LogP contribution in [0.5, 0.6) is 0 Å². The Labute approximate surface area is 78.9 Å². The zero-order valence-corrected chi connectivity index (χ0v) is 8.28. The van der Waals surface area contributed by atoms with Gasteiger partial charge in [-0.2, -0.15) is 0 Å². The van der Waals surface area contributed by atoms with E-state index in [-0.39, 0.29) is 0 Å². The lowest BCUT2D eigenvalue weighted by Crippen LogP contribution is -1.80. The van der Waals surface area contributed by atoms with Crippen molar-refractivity contribution in [3.63, 3.8) is 0 Å². The van der Waals surface area contributed by atoms with Gasteiger partial charge in [0, 0.05) is 4.88 Å². The predicted molar refractivity (Wildman–Crippen MR) is 56.7 cm³/mol. The molecule has 1 aromatic rings. The SMILES string of the molecule is C=CCCCCCc1cccs1. The van der Waals surface area contributed by atoms with E-state index in [1.807, 2.05) is 17.4 Å². The normalized spacial score (nSPS) is 10.0. The molecule has 0 atom stereocenters.